The van der Waals surface area contributed by atoms with Crippen LogP contribution in [0.2, 0.25) is 10.6 Å². The Morgan fingerprint density at radius 2 is 1.50 bits per heavy atom. The second-order valence-electron chi connectivity index (χ2n) is 5.70. The van der Waals surface area contributed by atoms with Gasteiger partial charge in [-0.2, -0.15) is 0 Å². The summed E-state index contributed by atoms with van der Waals surface area (Å²) < 4.78 is 0. The summed E-state index contributed by atoms with van der Waals surface area (Å²) in [6.45, 7) is 3.57. The summed E-state index contributed by atoms with van der Waals surface area (Å²) in [5.41, 5.74) is 0. The Hall–Kier alpha value is 0.479. The van der Waals surface area contributed by atoms with Crippen molar-refractivity contribution in [2.24, 2.45) is 0 Å². The number of hydrogen-bond donors (Lipinski definition) is 1. The van der Waals surface area contributed by atoms with Crippen molar-refractivity contribution >= 4 is 15.0 Å². The van der Waals surface area contributed by atoms with Crippen molar-refractivity contribution in [3.05, 3.63) is 0 Å². The van der Waals surface area contributed by atoms with Crippen LogP contribution in [0.15, 0.2) is 0 Å². The molecule has 0 aromatic carbocycles. The Morgan fingerprint density at radius 3 is 2.06 bits per heavy atom. The molecule has 0 radical (unpaired) electrons. The van der Waals surface area contributed by atoms with Crippen molar-refractivity contribution in [2.45, 2.75) is 94.2 Å². The van der Waals surface area contributed by atoms with Crippen LogP contribution in [0.5, 0.6) is 0 Å². The van der Waals surface area contributed by atoms with E-state index in [1.54, 1.807) is 0 Å². The Kier molecular flexibility index (Phi) is 11.5. The molecule has 0 bridgehead atoms. The van der Waals surface area contributed by atoms with Crippen LogP contribution in [0.1, 0.15) is 77.6 Å². The topological polar surface area (TPSA) is 12.0 Å². The zero-order valence-corrected chi connectivity index (χ0v) is 14.1. The van der Waals surface area contributed by atoms with E-state index in [1.807, 2.05) is 0 Å². The number of hydrogen-bond acceptors (Lipinski definition) is 1. The molecule has 2 heteroatoms. The van der Waals surface area contributed by atoms with Gasteiger partial charge in [-0.1, -0.05) is 19.8 Å². The van der Waals surface area contributed by atoms with Crippen molar-refractivity contribution in [1.82, 2.24) is 5.32 Å². The van der Waals surface area contributed by atoms with Crippen LogP contribution in [-0.2, 0) is 0 Å². The van der Waals surface area contributed by atoms with Crippen molar-refractivity contribution in [1.29, 1.82) is 0 Å². The van der Waals surface area contributed by atoms with E-state index in [2.05, 4.69) is 12.2 Å². The third kappa shape index (κ3) is 9.41. The normalized spacial score (nSPS) is 19.5. The molecule has 0 amide bonds. The van der Waals surface area contributed by atoms with Crippen LogP contribution in [0.25, 0.3) is 0 Å². The van der Waals surface area contributed by atoms with Crippen LogP contribution >= 0.6 is 0 Å². The molecule has 0 spiro atoms. The molecule has 1 rings (SSSR count). The van der Waals surface area contributed by atoms with Crippen molar-refractivity contribution in [3.8, 4) is 0 Å². The Bertz CT molecular complexity index is 166. The molecule has 0 aromatic rings. The molecule has 1 saturated heterocycles. The molecule has 1 aliphatic heterocycles. The molecule has 1 heterocycles. The van der Waals surface area contributed by atoms with Gasteiger partial charge in [0.1, 0.15) is 0 Å². The summed E-state index contributed by atoms with van der Waals surface area (Å²) >= 11 is 0.968. The van der Waals surface area contributed by atoms with Gasteiger partial charge in [-0.05, 0) is 0 Å². The van der Waals surface area contributed by atoms with Gasteiger partial charge in [0.05, 0.1) is 0 Å². The number of rotatable bonds is 12. The molecule has 0 aliphatic carbocycles. The van der Waals surface area contributed by atoms with Crippen molar-refractivity contribution < 1.29 is 0 Å². The summed E-state index contributed by atoms with van der Waals surface area (Å²) in [7, 11) is 0. The fourth-order valence-corrected chi connectivity index (χ4v) is 5.10. The molecule has 18 heavy (non-hydrogen) atoms. The van der Waals surface area contributed by atoms with E-state index in [1.165, 1.54) is 87.8 Å². The van der Waals surface area contributed by atoms with Crippen LogP contribution in [0, 0.1) is 0 Å². The van der Waals surface area contributed by atoms with E-state index < -0.39 is 0 Å². The van der Waals surface area contributed by atoms with Gasteiger partial charge < -0.3 is 0 Å². The van der Waals surface area contributed by atoms with Gasteiger partial charge in [0.2, 0.25) is 0 Å². The maximum absolute atomic E-state index is 3.72. The molecular weight excluding hydrogens is 285 g/mol. The quantitative estimate of drug-likeness (QED) is 0.402. The summed E-state index contributed by atoms with van der Waals surface area (Å²) in [5.74, 6) is 0. The van der Waals surface area contributed by atoms with Gasteiger partial charge in [0.15, 0.2) is 0 Å². The average Bonchev–Trinajstić information content (AvgIpc) is 2.89. The first-order valence-corrected chi connectivity index (χ1v) is 10.7. The van der Waals surface area contributed by atoms with E-state index >= 15 is 0 Å². The maximum atomic E-state index is 3.72. The van der Waals surface area contributed by atoms with E-state index in [-0.39, 0.29) is 0 Å². The fourth-order valence-electron chi connectivity index (χ4n) is 2.61. The summed E-state index contributed by atoms with van der Waals surface area (Å²) in [6.07, 6.45) is 15.9. The van der Waals surface area contributed by atoms with Gasteiger partial charge in [-0.25, -0.2) is 0 Å². The molecule has 108 valence electrons. The first kappa shape index (κ1) is 16.5. The van der Waals surface area contributed by atoms with Crippen LogP contribution < -0.4 is 5.32 Å². The zero-order valence-electron chi connectivity index (χ0n) is 12.4. The van der Waals surface area contributed by atoms with Gasteiger partial charge >= 0.3 is 101 Å². The van der Waals surface area contributed by atoms with Gasteiger partial charge in [-0.15, -0.1) is 0 Å². The van der Waals surface area contributed by atoms with Gasteiger partial charge in [0, 0.05) is 0 Å². The molecule has 1 fully saturated rings. The second-order valence-corrected chi connectivity index (χ2v) is 8.11. The van der Waals surface area contributed by atoms with E-state index in [4.69, 9.17) is 0 Å². The molecule has 0 saturated carbocycles. The van der Waals surface area contributed by atoms with E-state index in [9.17, 15) is 0 Å². The molecular formula is C16H33NSe. The Balaban J connectivity index is 1.68. The van der Waals surface area contributed by atoms with E-state index in [0.717, 1.165) is 21.0 Å². The van der Waals surface area contributed by atoms with Gasteiger partial charge in [-0.3, -0.25) is 0 Å². The zero-order chi connectivity index (χ0) is 12.9. The summed E-state index contributed by atoms with van der Waals surface area (Å²) in [4.78, 5) is 0. The third-order valence-electron chi connectivity index (χ3n) is 3.89. The fraction of sp³-hybridized carbons (Fsp3) is 1.00. The molecule has 1 nitrogen and oxygen atoms in total. The third-order valence-corrected chi connectivity index (χ3v) is 6.33. The summed E-state index contributed by atoms with van der Waals surface area (Å²) in [5, 5.41) is 6.73. The predicted molar refractivity (Wildman–Crippen MR) is 83.6 cm³/mol. The standard InChI is InChI=1S/C16H33NSe/c1-2-3-4-5-6-7-8-9-10-11-13-17-16-12-14-18-15-16/h16-17H,2-15H2,1H3/t16-/m0/s1. The second kappa shape index (κ2) is 12.5. The molecule has 0 aromatic heterocycles. The molecule has 0 unspecified atom stereocenters. The molecule has 1 N–H and O–H groups in total. The molecule has 1 aliphatic rings. The van der Waals surface area contributed by atoms with Crippen molar-refractivity contribution in [2.75, 3.05) is 6.54 Å². The Morgan fingerprint density at radius 1 is 0.889 bits per heavy atom. The Labute approximate surface area is 121 Å². The minimum atomic E-state index is 0.892. The first-order valence-electron chi connectivity index (χ1n) is 8.24. The monoisotopic (exact) mass is 319 g/mol. The minimum absolute atomic E-state index is 0.892. The summed E-state index contributed by atoms with van der Waals surface area (Å²) in [6, 6.07) is 0.892. The first-order chi connectivity index (χ1) is 8.93. The van der Waals surface area contributed by atoms with Crippen LogP contribution in [0.3, 0.4) is 0 Å². The van der Waals surface area contributed by atoms with Crippen LogP contribution in [-0.4, -0.2) is 27.5 Å². The van der Waals surface area contributed by atoms with Crippen LogP contribution in [0.4, 0.5) is 0 Å². The average molecular weight is 318 g/mol. The molecule has 1 atom stereocenters. The number of nitrogens with one attached hydrogen (secondary N) is 1. The number of unbranched alkanes of at least 4 members (excludes halogenated alkanes) is 9. The van der Waals surface area contributed by atoms with Gasteiger partial charge in [0.25, 0.3) is 0 Å². The van der Waals surface area contributed by atoms with Crippen molar-refractivity contribution in [3.63, 3.8) is 0 Å². The predicted octanol–water partition coefficient (Wildman–Crippen LogP) is 4.81. The van der Waals surface area contributed by atoms with E-state index in [0.29, 0.717) is 0 Å². The SMILES string of the molecule is CCCCCCCCCCCCN[C@H]1CC[Se]C1.